The second-order valence-corrected chi connectivity index (χ2v) is 12.8. The number of benzene rings is 4. The van der Waals surface area contributed by atoms with Gasteiger partial charge in [0.15, 0.2) is 11.4 Å². The molecule has 1 unspecified atom stereocenters. The third-order valence-electron chi connectivity index (χ3n) is 7.54. The SMILES string of the molecule is O=S(=O)(Nc1cccc(C2O[C@H](Cn3cnc(Cl)c3Cl)[C@@H](c3ccccc3)[C@H](c3ccc(CO)cc3)O2)c1)c1ccccc1. The standard InChI is InChI=1S/C33H29Cl2N3O5S/c34-31-32(35)38(21-36-31)19-28-29(23-8-3-1-4-9-23)30(24-16-14-22(20-39)15-17-24)43-33(42-28)25-10-7-11-26(18-25)37-44(40,41)27-12-5-2-6-13-27/h1-18,21,28-30,33,37,39H,19-20H2/t28-,29-,30+,33?/m1/s1. The molecule has 1 aromatic heterocycles. The highest BCUT2D eigenvalue weighted by Gasteiger charge is 2.42. The van der Waals surface area contributed by atoms with Crippen LogP contribution in [0.2, 0.25) is 10.3 Å². The van der Waals surface area contributed by atoms with E-state index in [0.717, 1.165) is 16.7 Å². The first-order valence-electron chi connectivity index (χ1n) is 13.9. The first-order valence-corrected chi connectivity index (χ1v) is 16.2. The zero-order valence-electron chi connectivity index (χ0n) is 23.3. The fraction of sp³-hybridized carbons (Fsp3) is 0.182. The smallest absolute Gasteiger partial charge is 0.261 e. The van der Waals surface area contributed by atoms with Crippen molar-refractivity contribution in [3.05, 3.63) is 148 Å². The molecule has 0 bridgehead atoms. The van der Waals surface area contributed by atoms with Crippen molar-refractivity contribution in [2.24, 2.45) is 0 Å². The fourth-order valence-corrected chi connectivity index (χ4v) is 6.78. The van der Waals surface area contributed by atoms with Crippen molar-refractivity contribution in [3.63, 3.8) is 0 Å². The predicted molar refractivity (Wildman–Crippen MR) is 169 cm³/mol. The number of aromatic nitrogens is 2. The number of imidazole rings is 1. The van der Waals surface area contributed by atoms with Crippen molar-refractivity contribution >= 4 is 38.9 Å². The van der Waals surface area contributed by atoms with Crippen LogP contribution in [0.25, 0.3) is 0 Å². The molecular formula is C33H29Cl2N3O5S. The van der Waals surface area contributed by atoms with E-state index in [2.05, 4.69) is 9.71 Å². The molecule has 0 amide bonds. The largest absolute Gasteiger partial charge is 0.392 e. The predicted octanol–water partition coefficient (Wildman–Crippen LogP) is 7.12. The molecule has 2 N–H and O–H groups in total. The molecule has 0 spiro atoms. The van der Waals surface area contributed by atoms with Gasteiger partial charge in [0.1, 0.15) is 5.15 Å². The van der Waals surface area contributed by atoms with Crippen LogP contribution >= 0.6 is 23.2 Å². The molecule has 4 atom stereocenters. The van der Waals surface area contributed by atoms with E-state index in [9.17, 15) is 13.5 Å². The number of sulfonamides is 1. The lowest BCUT2D eigenvalue weighted by Crippen LogP contribution is -2.39. The van der Waals surface area contributed by atoms with Crippen molar-refractivity contribution in [1.82, 2.24) is 9.55 Å². The highest BCUT2D eigenvalue weighted by atomic mass is 35.5. The molecule has 2 heterocycles. The quantitative estimate of drug-likeness (QED) is 0.176. The molecule has 5 aromatic rings. The van der Waals surface area contributed by atoms with Crippen LogP contribution in [0, 0.1) is 0 Å². The van der Waals surface area contributed by atoms with E-state index in [1.54, 1.807) is 47.3 Å². The van der Waals surface area contributed by atoms with Crippen molar-refractivity contribution in [2.45, 2.75) is 42.5 Å². The highest BCUT2D eigenvalue weighted by molar-refractivity contribution is 7.92. The van der Waals surface area contributed by atoms with Crippen molar-refractivity contribution in [1.29, 1.82) is 0 Å². The number of ether oxygens (including phenoxy) is 2. The molecule has 1 saturated heterocycles. The van der Waals surface area contributed by atoms with Gasteiger partial charge in [-0.05, 0) is 41.0 Å². The molecule has 6 rings (SSSR count). The van der Waals surface area contributed by atoms with Gasteiger partial charge in [0, 0.05) is 17.2 Å². The second kappa shape index (κ2) is 13.1. The van der Waals surface area contributed by atoms with E-state index in [4.69, 9.17) is 32.7 Å². The third kappa shape index (κ3) is 6.53. The van der Waals surface area contributed by atoms with Crippen molar-refractivity contribution in [2.75, 3.05) is 4.72 Å². The number of hydrogen-bond donors (Lipinski definition) is 2. The lowest BCUT2D eigenvalue weighted by atomic mass is 9.83. The summed E-state index contributed by atoms with van der Waals surface area (Å²) >= 11 is 12.7. The Bertz CT molecular complexity index is 1820. The molecule has 226 valence electrons. The number of hydrogen-bond acceptors (Lipinski definition) is 6. The monoisotopic (exact) mass is 649 g/mol. The summed E-state index contributed by atoms with van der Waals surface area (Å²) in [6, 6.07) is 32.7. The van der Waals surface area contributed by atoms with Gasteiger partial charge < -0.3 is 19.1 Å². The molecular weight excluding hydrogens is 621 g/mol. The Morgan fingerprint density at radius 3 is 2.16 bits per heavy atom. The van der Waals surface area contributed by atoms with Crippen molar-refractivity contribution < 1.29 is 23.0 Å². The summed E-state index contributed by atoms with van der Waals surface area (Å²) < 4.78 is 43.9. The van der Waals surface area contributed by atoms with Gasteiger partial charge in [-0.25, -0.2) is 13.4 Å². The maximum atomic E-state index is 13.0. The Hall–Kier alpha value is -3.70. The van der Waals surface area contributed by atoms with Gasteiger partial charge in [0.25, 0.3) is 10.0 Å². The Morgan fingerprint density at radius 1 is 0.818 bits per heavy atom. The Balaban J connectivity index is 1.39. The van der Waals surface area contributed by atoms with E-state index < -0.39 is 28.5 Å². The first-order chi connectivity index (χ1) is 21.3. The van der Waals surface area contributed by atoms with Gasteiger partial charge >= 0.3 is 0 Å². The average Bonchev–Trinajstić information content (AvgIpc) is 3.37. The minimum atomic E-state index is -3.81. The van der Waals surface area contributed by atoms with E-state index >= 15 is 0 Å². The summed E-state index contributed by atoms with van der Waals surface area (Å²) in [6.07, 6.45) is -0.228. The summed E-state index contributed by atoms with van der Waals surface area (Å²) in [5.74, 6) is -0.274. The number of nitrogens with one attached hydrogen (secondary N) is 1. The molecule has 1 aliphatic rings. The van der Waals surface area contributed by atoms with Crippen molar-refractivity contribution in [3.8, 4) is 0 Å². The number of aliphatic hydroxyl groups excluding tert-OH is 1. The topological polar surface area (TPSA) is 103 Å². The van der Waals surface area contributed by atoms with Gasteiger partial charge in [-0.1, -0.05) is 108 Å². The van der Waals surface area contributed by atoms with Crippen LogP contribution in [0.1, 0.15) is 40.6 Å². The number of nitrogens with zero attached hydrogens (tertiary/aromatic N) is 2. The minimum Gasteiger partial charge on any atom is -0.392 e. The Kier molecular flexibility index (Phi) is 9.04. The first kappa shape index (κ1) is 30.3. The number of anilines is 1. The molecule has 0 aliphatic carbocycles. The molecule has 11 heteroatoms. The van der Waals surface area contributed by atoms with Gasteiger partial charge in [0.2, 0.25) is 0 Å². The maximum absolute atomic E-state index is 13.0. The summed E-state index contributed by atoms with van der Waals surface area (Å²) in [5, 5.41) is 10.1. The van der Waals surface area contributed by atoms with Crippen LogP contribution in [0.5, 0.6) is 0 Å². The lowest BCUT2D eigenvalue weighted by molar-refractivity contribution is -0.263. The number of aliphatic hydroxyl groups is 1. The number of halogens is 2. The van der Waals surface area contributed by atoms with Crippen LogP contribution in [-0.4, -0.2) is 29.2 Å². The number of rotatable bonds is 9. The summed E-state index contributed by atoms with van der Waals surface area (Å²) in [4.78, 5) is 4.30. The zero-order valence-corrected chi connectivity index (χ0v) is 25.7. The highest BCUT2D eigenvalue weighted by Crippen LogP contribution is 2.47. The normalized spacial score (nSPS) is 20.3. The van der Waals surface area contributed by atoms with Gasteiger partial charge in [-0.2, -0.15) is 0 Å². The second-order valence-electron chi connectivity index (χ2n) is 10.4. The average molecular weight is 651 g/mol. The van der Waals surface area contributed by atoms with Gasteiger partial charge in [0.05, 0.1) is 36.6 Å². The molecule has 4 aromatic carbocycles. The molecule has 1 fully saturated rings. The molecule has 0 saturated carbocycles. The van der Waals surface area contributed by atoms with Crippen LogP contribution < -0.4 is 4.72 Å². The molecule has 8 nitrogen and oxygen atoms in total. The van der Waals surface area contributed by atoms with Crippen LogP contribution in [0.3, 0.4) is 0 Å². The van der Waals surface area contributed by atoms with E-state index in [1.165, 1.54) is 12.1 Å². The van der Waals surface area contributed by atoms with Crippen LogP contribution in [0.4, 0.5) is 5.69 Å². The maximum Gasteiger partial charge on any atom is 0.261 e. The Labute approximate surface area is 265 Å². The van der Waals surface area contributed by atoms with Crippen LogP contribution in [-0.2, 0) is 32.6 Å². The van der Waals surface area contributed by atoms with E-state index in [0.29, 0.717) is 22.9 Å². The van der Waals surface area contributed by atoms with E-state index in [1.807, 2.05) is 60.7 Å². The summed E-state index contributed by atoms with van der Waals surface area (Å²) in [5.41, 5.74) is 3.67. The van der Waals surface area contributed by atoms with E-state index in [-0.39, 0.29) is 22.6 Å². The zero-order chi connectivity index (χ0) is 30.7. The fourth-order valence-electron chi connectivity index (χ4n) is 5.39. The molecule has 44 heavy (non-hydrogen) atoms. The summed E-state index contributed by atoms with van der Waals surface area (Å²) in [7, 11) is -3.81. The lowest BCUT2D eigenvalue weighted by Gasteiger charge is -2.43. The summed E-state index contributed by atoms with van der Waals surface area (Å²) in [6.45, 7) is 0.247. The minimum absolute atomic E-state index is 0.0755. The molecule has 0 radical (unpaired) electrons. The molecule has 1 aliphatic heterocycles. The van der Waals surface area contributed by atoms with Crippen LogP contribution in [0.15, 0.2) is 120 Å². The van der Waals surface area contributed by atoms with Gasteiger partial charge in [-0.3, -0.25) is 4.72 Å². The Morgan fingerprint density at radius 2 is 1.50 bits per heavy atom. The third-order valence-corrected chi connectivity index (χ3v) is 9.71. The van der Waals surface area contributed by atoms with Gasteiger partial charge in [-0.15, -0.1) is 0 Å².